The van der Waals surface area contributed by atoms with Gasteiger partial charge in [0.1, 0.15) is 0 Å². The summed E-state index contributed by atoms with van der Waals surface area (Å²) < 4.78 is 2.52. The number of fused-ring (bicyclic) bond motifs is 7. The highest BCUT2D eigenvalue weighted by atomic mass is 15.0. The molecule has 2 heterocycles. The fraction of sp³-hybridized carbons (Fsp3) is 0.231. The van der Waals surface area contributed by atoms with Crippen molar-refractivity contribution in [1.29, 1.82) is 0 Å². The summed E-state index contributed by atoms with van der Waals surface area (Å²) in [5.41, 5.74) is 16.8. The van der Waals surface area contributed by atoms with Crippen LogP contribution in [0.1, 0.15) is 77.6 Å². The van der Waals surface area contributed by atoms with Crippen LogP contribution in [0.15, 0.2) is 140 Å². The van der Waals surface area contributed by atoms with E-state index in [1.54, 1.807) is 0 Å². The number of hydrogen-bond donors (Lipinski definition) is 0. The summed E-state index contributed by atoms with van der Waals surface area (Å²) in [5.74, 6) is 0.714. The molecule has 0 atom stereocenters. The van der Waals surface area contributed by atoms with Crippen LogP contribution in [0.25, 0.3) is 72.5 Å². The van der Waals surface area contributed by atoms with Crippen LogP contribution in [0.3, 0.4) is 0 Å². The summed E-state index contributed by atoms with van der Waals surface area (Å²) in [6, 6.07) is 50.8. The minimum atomic E-state index is -0.113. The van der Waals surface area contributed by atoms with Gasteiger partial charge in [-0.15, -0.1) is 0 Å². The summed E-state index contributed by atoms with van der Waals surface area (Å²) >= 11 is 0. The van der Waals surface area contributed by atoms with Gasteiger partial charge in [0.2, 0.25) is 0 Å². The fourth-order valence-electron chi connectivity index (χ4n) is 9.90. The summed E-state index contributed by atoms with van der Waals surface area (Å²) in [5, 5.41) is 2.60. The van der Waals surface area contributed by atoms with Gasteiger partial charge in [0.25, 0.3) is 0 Å². The highest BCUT2D eigenvalue weighted by molar-refractivity contribution is 6.12. The molecule has 0 spiro atoms. The van der Waals surface area contributed by atoms with Gasteiger partial charge in [0, 0.05) is 38.6 Å². The molecule has 0 amide bonds. The van der Waals surface area contributed by atoms with Crippen molar-refractivity contribution in [3.05, 3.63) is 162 Å². The zero-order valence-corrected chi connectivity index (χ0v) is 33.1. The Labute approximate surface area is 324 Å². The number of benzene rings is 6. The molecule has 0 saturated heterocycles. The van der Waals surface area contributed by atoms with E-state index in [1.165, 1.54) is 55.2 Å². The highest BCUT2D eigenvalue weighted by Gasteiger charge is 2.57. The standard InChI is InChI=1S/C52H47N3/c1-49(2)40-25-16-15-24-36(40)37-27-38-39-28-42-43(51(5,6)52(7,8)50(42,3)4)30-47(39)55(46(38)29-41(37)49)35-23-17-22-34(26-35)48-53-44(32-18-11-9-12-19-32)31-45(54-48)33-20-13-10-14-21-33/h9-31H,1-8H3. The van der Waals surface area contributed by atoms with Crippen LogP contribution < -0.4 is 0 Å². The third kappa shape index (κ3) is 4.62. The smallest absolute Gasteiger partial charge is 0.160 e. The molecule has 10 rings (SSSR count). The molecular weight excluding hydrogens is 667 g/mol. The molecule has 0 fully saturated rings. The zero-order valence-electron chi connectivity index (χ0n) is 33.1. The number of rotatable bonds is 4. The summed E-state index contributed by atoms with van der Waals surface area (Å²) in [7, 11) is 0. The van der Waals surface area contributed by atoms with Crippen LogP contribution in [-0.2, 0) is 16.2 Å². The van der Waals surface area contributed by atoms with Gasteiger partial charge >= 0.3 is 0 Å². The number of nitrogens with zero attached hydrogens (tertiary/aromatic N) is 3. The van der Waals surface area contributed by atoms with E-state index in [9.17, 15) is 0 Å². The van der Waals surface area contributed by atoms with E-state index < -0.39 is 0 Å². The van der Waals surface area contributed by atoms with Gasteiger partial charge in [-0.05, 0) is 92.1 Å². The Kier molecular flexibility index (Phi) is 6.97. The summed E-state index contributed by atoms with van der Waals surface area (Å²) in [6.45, 7) is 19.4. The van der Waals surface area contributed by atoms with E-state index in [1.807, 2.05) is 12.1 Å². The van der Waals surface area contributed by atoms with Crippen LogP contribution >= 0.6 is 0 Å². The van der Waals surface area contributed by atoms with Gasteiger partial charge in [-0.1, -0.05) is 152 Å². The third-order valence-corrected chi connectivity index (χ3v) is 14.3. The van der Waals surface area contributed by atoms with Gasteiger partial charge in [0.15, 0.2) is 5.82 Å². The van der Waals surface area contributed by atoms with Crippen LogP contribution in [0.5, 0.6) is 0 Å². The maximum atomic E-state index is 5.21. The van der Waals surface area contributed by atoms with Crippen molar-refractivity contribution in [3.8, 4) is 50.7 Å². The number of aromatic nitrogens is 3. The first-order chi connectivity index (χ1) is 26.3. The van der Waals surface area contributed by atoms with Gasteiger partial charge in [-0.2, -0.15) is 0 Å². The molecule has 0 N–H and O–H groups in total. The second kappa shape index (κ2) is 11.4. The van der Waals surface area contributed by atoms with E-state index in [0.717, 1.165) is 33.8 Å². The van der Waals surface area contributed by atoms with Gasteiger partial charge in [-0.25, -0.2) is 9.97 Å². The minimum absolute atomic E-state index is 0.00273. The highest BCUT2D eigenvalue weighted by Crippen LogP contribution is 2.62. The van der Waals surface area contributed by atoms with Crippen molar-refractivity contribution >= 4 is 21.8 Å². The first kappa shape index (κ1) is 33.7. The van der Waals surface area contributed by atoms with Crippen molar-refractivity contribution in [2.45, 2.75) is 71.6 Å². The SMILES string of the molecule is CC1(C)c2ccccc2-c2cc3c4cc5c(cc4n(-c4cccc(-c6nc(-c7ccccc7)cc(-c7ccccc7)n6)c4)c3cc21)C(C)(C)C(C)(C)C5(C)C. The predicted molar refractivity (Wildman–Crippen MR) is 230 cm³/mol. The first-order valence-electron chi connectivity index (χ1n) is 19.7. The lowest BCUT2D eigenvalue weighted by molar-refractivity contribution is 0.125. The molecule has 270 valence electrons. The maximum Gasteiger partial charge on any atom is 0.160 e. The molecule has 2 aromatic heterocycles. The molecule has 2 aliphatic carbocycles. The van der Waals surface area contributed by atoms with E-state index >= 15 is 0 Å². The van der Waals surface area contributed by atoms with Crippen molar-refractivity contribution in [2.24, 2.45) is 5.41 Å². The molecule has 0 unspecified atom stereocenters. The molecular formula is C52H47N3. The first-order valence-corrected chi connectivity index (χ1v) is 19.7. The third-order valence-electron chi connectivity index (χ3n) is 14.3. The Morgan fingerprint density at radius 2 is 0.945 bits per heavy atom. The molecule has 8 aromatic rings. The fourth-order valence-corrected chi connectivity index (χ4v) is 9.90. The molecule has 6 aromatic carbocycles. The molecule has 2 aliphatic rings. The lowest BCUT2D eigenvalue weighted by Crippen LogP contribution is -2.42. The van der Waals surface area contributed by atoms with Crippen molar-refractivity contribution < 1.29 is 0 Å². The Bertz CT molecular complexity index is 2790. The van der Waals surface area contributed by atoms with E-state index in [2.05, 4.69) is 187 Å². The molecule has 3 heteroatoms. The Morgan fingerprint density at radius 3 is 1.58 bits per heavy atom. The molecule has 0 aliphatic heterocycles. The second-order valence-corrected chi connectivity index (χ2v) is 18.0. The van der Waals surface area contributed by atoms with Crippen LogP contribution in [0.2, 0.25) is 0 Å². The lowest BCUT2D eigenvalue weighted by Gasteiger charge is -2.44. The van der Waals surface area contributed by atoms with Crippen LogP contribution in [0, 0.1) is 5.41 Å². The molecule has 0 radical (unpaired) electrons. The zero-order chi connectivity index (χ0) is 38.1. The normalized spacial score (nSPS) is 16.9. The summed E-state index contributed by atoms with van der Waals surface area (Å²) in [6.07, 6.45) is 0. The monoisotopic (exact) mass is 713 g/mol. The van der Waals surface area contributed by atoms with Crippen LogP contribution in [-0.4, -0.2) is 14.5 Å². The second-order valence-electron chi connectivity index (χ2n) is 18.0. The van der Waals surface area contributed by atoms with Crippen molar-refractivity contribution in [3.63, 3.8) is 0 Å². The maximum absolute atomic E-state index is 5.21. The minimum Gasteiger partial charge on any atom is -0.309 e. The molecule has 55 heavy (non-hydrogen) atoms. The summed E-state index contributed by atoms with van der Waals surface area (Å²) in [4.78, 5) is 10.4. The molecule has 3 nitrogen and oxygen atoms in total. The molecule has 0 bridgehead atoms. The van der Waals surface area contributed by atoms with E-state index in [0.29, 0.717) is 5.82 Å². The van der Waals surface area contributed by atoms with Gasteiger partial charge in [0.05, 0.1) is 22.4 Å². The Morgan fingerprint density at radius 1 is 0.418 bits per heavy atom. The predicted octanol–water partition coefficient (Wildman–Crippen LogP) is 13.5. The number of hydrogen-bond acceptors (Lipinski definition) is 2. The Balaban J connectivity index is 1.25. The quantitative estimate of drug-likeness (QED) is 0.182. The lowest BCUT2D eigenvalue weighted by atomic mass is 9.59. The van der Waals surface area contributed by atoms with Crippen molar-refractivity contribution in [1.82, 2.24) is 14.5 Å². The topological polar surface area (TPSA) is 30.7 Å². The van der Waals surface area contributed by atoms with Gasteiger partial charge in [-0.3, -0.25) is 0 Å². The average molecular weight is 714 g/mol. The van der Waals surface area contributed by atoms with Gasteiger partial charge < -0.3 is 4.57 Å². The van der Waals surface area contributed by atoms with Crippen molar-refractivity contribution in [2.75, 3.05) is 0 Å². The van der Waals surface area contributed by atoms with E-state index in [-0.39, 0.29) is 21.7 Å². The van der Waals surface area contributed by atoms with Crippen LogP contribution in [0.4, 0.5) is 0 Å². The van der Waals surface area contributed by atoms with E-state index in [4.69, 9.17) is 9.97 Å². The Hall–Kier alpha value is -5.80. The largest absolute Gasteiger partial charge is 0.309 e. The average Bonchev–Trinajstić information content (AvgIpc) is 3.67. The molecule has 0 saturated carbocycles.